The van der Waals surface area contributed by atoms with Gasteiger partial charge in [0.15, 0.2) is 11.6 Å². The second-order valence-electron chi connectivity index (χ2n) is 4.74. The molecule has 108 valence electrons. The second kappa shape index (κ2) is 5.66. The highest BCUT2D eigenvalue weighted by atomic mass is 19.2. The van der Waals surface area contributed by atoms with Crippen LogP contribution in [0.25, 0.3) is 11.4 Å². The molecule has 2 aromatic rings. The largest absolute Gasteiger partial charge is 0.338 e. The molecule has 2 rings (SSSR count). The first-order valence-electron chi connectivity index (χ1n) is 6.56. The molecule has 0 spiro atoms. The van der Waals surface area contributed by atoms with Crippen LogP contribution in [0.4, 0.5) is 8.78 Å². The molecule has 2 N–H and O–H groups in total. The first-order valence-corrected chi connectivity index (χ1v) is 6.56. The van der Waals surface area contributed by atoms with Gasteiger partial charge in [-0.1, -0.05) is 19.0 Å². The maximum absolute atomic E-state index is 13.2. The smallest absolute Gasteiger partial charge is 0.234 e. The maximum atomic E-state index is 13.2. The summed E-state index contributed by atoms with van der Waals surface area (Å²) in [5, 5.41) is 3.84. The van der Waals surface area contributed by atoms with Crippen molar-refractivity contribution < 1.29 is 13.3 Å². The van der Waals surface area contributed by atoms with Crippen LogP contribution in [0.1, 0.15) is 32.6 Å². The van der Waals surface area contributed by atoms with Gasteiger partial charge >= 0.3 is 0 Å². The van der Waals surface area contributed by atoms with E-state index in [1.54, 1.807) is 0 Å². The van der Waals surface area contributed by atoms with Crippen molar-refractivity contribution in [1.29, 1.82) is 0 Å². The van der Waals surface area contributed by atoms with Crippen molar-refractivity contribution in [3.05, 3.63) is 35.7 Å². The third-order valence-electron chi connectivity index (χ3n) is 3.80. The van der Waals surface area contributed by atoms with Gasteiger partial charge in [0.05, 0.1) is 5.41 Å². The number of nitrogens with two attached hydrogens (primary N) is 1. The highest BCUT2D eigenvalue weighted by molar-refractivity contribution is 5.54. The molecule has 0 unspecified atom stereocenters. The summed E-state index contributed by atoms with van der Waals surface area (Å²) in [6.07, 6.45) is 1.53. The molecule has 0 atom stereocenters. The molecule has 0 amide bonds. The van der Waals surface area contributed by atoms with E-state index in [4.69, 9.17) is 10.3 Å². The lowest BCUT2D eigenvalue weighted by atomic mass is 9.82. The van der Waals surface area contributed by atoms with E-state index in [-0.39, 0.29) is 11.2 Å². The zero-order chi connectivity index (χ0) is 14.8. The summed E-state index contributed by atoms with van der Waals surface area (Å²) in [6.45, 7) is 4.38. The Morgan fingerprint density at radius 1 is 1.20 bits per heavy atom. The van der Waals surface area contributed by atoms with Crippen molar-refractivity contribution in [3.8, 4) is 11.4 Å². The number of hydrogen-bond donors (Lipinski definition) is 1. The lowest BCUT2D eigenvalue weighted by Crippen LogP contribution is -2.34. The fraction of sp³-hybridized carbons (Fsp3) is 0.429. The number of rotatable bonds is 5. The van der Waals surface area contributed by atoms with Crippen LogP contribution in [-0.2, 0) is 5.41 Å². The second-order valence-corrected chi connectivity index (χ2v) is 4.74. The number of nitrogens with zero attached hydrogens (tertiary/aromatic N) is 2. The van der Waals surface area contributed by atoms with Gasteiger partial charge in [-0.15, -0.1) is 0 Å². The van der Waals surface area contributed by atoms with Gasteiger partial charge in [0.2, 0.25) is 11.7 Å². The van der Waals surface area contributed by atoms with Gasteiger partial charge in [0.1, 0.15) is 0 Å². The van der Waals surface area contributed by atoms with E-state index in [1.165, 1.54) is 6.07 Å². The summed E-state index contributed by atoms with van der Waals surface area (Å²) >= 11 is 0. The van der Waals surface area contributed by atoms with Crippen LogP contribution in [0.5, 0.6) is 0 Å². The monoisotopic (exact) mass is 281 g/mol. The van der Waals surface area contributed by atoms with Crippen LogP contribution in [0.3, 0.4) is 0 Å². The molecular formula is C14H17F2N3O. The van der Waals surface area contributed by atoms with Crippen molar-refractivity contribution in [2.45, 2.75) is 32.1 Å². The third-order valence-corrected chi connectivity index (χ3v) is 3.80. The number of aromatic nitrogens is 2. The molecule has 0 saturated heterocycles. The maximum Gasteiger partial charge on any atom is 0.234 e. The van der Waals surface area contributed by atoms with Crippen LogP contribution in [0.2, 0.25) is 0 Å². The topological polar surface area (TPSA) is 64.9 Å². The third kappa shape index (κ3) is 2.43. The molecule has 1 aromatic carbocycles. The SMILES string of the molecule is CCC(CC)(CN)c1nc(-c2ccc(F)c(F)c2)no1. The molecule has 0 aliphatic carbocycles. The highest BCUT2D eigenvalue weighted by Gasteiger charge is 2.33. The highest BCUT2D eigenvalue weighted by Crippen LogP contribution is 2.30. The van der Waals surface area contributed by atoms with E-state index in [2.05, 4.69) is 10.1 Å². The average molecular weight is 281 g/mol. The van der Waals surface area contributed by atoms with Crippen LogP contribution in [0, 0.1) is 11.6 Å². The average Bonchev–Trinajstić information content (AvgIpc) is 2.95. The quantitative estimate of drug-likeness (QED) is 0.914. The molecule has 0 bridgehead atoms. The Morgan fingerprint density at radius 2 is 1.90 bits per heavy atom. The van der Waals surface area contributed by atoms with E-state index in [1.807, 2.05) is 13.8 Å². The fourth-order valence-electron chi connectivity index (χ4n) is 2.12. The zero-order valence-corrected chi connectivity index (χ0v) is 11.5. The minimum Gasteiger partial charge on any atom is -0.338 e. The number of halogens is 2. The first kappa shape index (κ1) is 14.6. The van der Waals surface area contributed by atoms with Gasteiger partial charge in [-0.3, -0.25) is 0 Å². The Balaban J connectivity index is 2.39. The van der Waals surface area contributed by atoms with Crippen LogP contribution >= 0.6 is 0 Å². The van der Waals surface area contributed by atoms with Crippen LogP contribution in [-0.4, -0.2) is 16.7 Å². The molecule has 0 saturated carbocycles. The van der Waals surface area contributed by atoms with Crippen molar-refractivity contribution in [3.63, 3.8) is 0 Å². The van der Waals surface area contributed by atoms with Gasteiger partial charge in [0, 0.05) is 12.1 Å². The van der Waals surface area contributed by atoms with Crippen LogP contribution in [0.15, 0.2) is 22.7 Å². The van der Waals surface area contributed by atoms with E-state index in [9.17, 15) is 8.78 Å². The lowest BCUT2D eigenvalue weighted by Gasteiger charge is -2.24. The molecule has 20 heavy (non-hydrogen) atoms. The standard InChI is InChI=1S/C14H17F2N3O/c1-3-14(4-2,8-17)13-18-12(19-20-13)9-5-6-10(15)11(16)7-9/h5-7H,3-4,8,17H2,1-2H3. The molecule has 4 nitrogen and oxygen atoms in total. The molecular weight excluding hydrogens is 264 g/mol. The summed E-state index contributed by atoms with van der Waals surface area (Å²) < 4.78 is 31.4. The molecule has 1 aromatic heterocycles. The van der Waals surface area contributed by atoms with E-state index in [0.29, 0.717) is 18.0 Å². The van der Waals surface area contributed by atoms with E-state index < -0.39 is 11.6 Å². The Labute approximate surface area is 116 Å². The summed E-state index contributed by atoms with van der Waals surface area (Å²) in [5.74, 6) is -1.18. The van der Waals surface area contributed by atoms with Crippen molar-refractivity contribution in [1.82, 2.24) is 10.1 Å². The molecule has 0 aliphatic rings. The van der Waals surface area contributed by atoms with Gasteiger partial charge in [-0.2, -0.15) is 4.98 Å². The molecule has 0 fully saturated rings. The Bertz CT molecular complexity index is 586. The van der Waals surface area contributed by atoms with E-state index in [0.717, 1.165) is 25.0 Å². The Morgan fingerprint density at radius 3 is 2.45 bits per heavy atom. The molecule has 1 heterocycles. The van der Waals surface area contributed by atoms with E-state index >= 15 is 0 Å². The minimum atomic E-state index is -0.940. The van der Waals surface area contributed by atoms with Crippen molar-refractivity contribution in [2.75, 3.05) is 6.54 Å². The summed E-state index contributed by atoms with van der Waals surface area (Å²) in [7, 11) is 0. The van der Waals surface area contributed by atoms with Crippen molar-refractivity contribution >= 4 is 0 Å². The van der Waals surface area contributed by atoms with Gasteiger partial charge in [-0.25, -0.2) is 8.78 Å². The fourth-order valence-corrected chi connectivity index (χ4v) is 2.12. The van der Waals surface area contributed by atoms with Crippen LogP contribution < -0.4 is 5.73 Å². The molecule has 0 aliphatic heterocycles. The minimum absolute atomic E-state index is 0.235. The normalized spacial score (nSPS) is 11.8. The zero-order valence-electron chi connectivity index (χ0n) is 11.5. The predicted octanol–water partition coefficient (Wildman–Crippen LogP) is 3.03. The molecule has 0 radical (unpaired) electrons. The Hall–Kier alpha value is -1.82. The van der Waals surface area contributed by atoms with Gasteiger partial charge in [-0.05, 0) is 31.0 Å². The molecule has 6 heteroatoms. The number of hydrogen-bond acceptors (Lipinski definition) is 4. The Kier molecular flexibility index (Phi) is 4.13. The van der Waals surface area contributed by atoms with Crippen molar-refractivity contribution in [2.24, 2.45) is 5.73 Å². The lowest BCUT2D eigenvalue weighted by molar-refractivity contribution is 0.267. The van der Waals surface area contributed by atoms with Gasteiger partial charge < -0.3 is 10.3 Å². The first-order chi connectivity index (χ1) is 9.56. The number of benzene rings is 1. The summed E-state index contributed by atoms with van der Waals surface area (Å²) in [6, 6.07) is 3.50. The predicted molar refractivity (Wildman–Crippen MR) is 71.0 cm³/mol. The summed E-state index contributed by atoms with van der Waals surface area (Å²) in [5.41, 5.74) is 5.82. The summed E-state index contributed by atoms with van der Waals surface area (Å²) in [4.78, 5) is 4.29. The van der Waals surface area contributed by atoms with Gasteiger partial charge in [0.25, 0.3) is 0 Å².